The quantitative estimate of drug-likeness (QED) is 0.443. The van der Waals surface area contributed by atoms with Gasteiger partial charge in [0.2, 0.25) is 0 Å². The molecule has 0 aromatic heterocycles. The molecule has 0 aliphatic heterocycles. The fourth-order valence-electron chi connectivity index (χ4n) is 0.694. The average molecular weight is 161 g/mol. The normalized spacial score (nSPS) is 10.5. The highest BCUT2D eigenvalue weighted by molar-refractivity contribution is 5.72. The summed E-state index contributed by atoms with van der Waals surface area (Å²) in [6.07, 6.45) is 9.05. The van der Waals surface area contributed by atoms with Crippen LogP contribution in [0.3, 0.4) is 0 Å². The molecular weight excluding hydrogens is 146 g/mol. The molecule has 0 saturated heterocycles. The van der Waals surface area contributed by atoms with E-state index in [9.17, 15) is 0 Å². The molecule has 0 fully saturated rings. The Balaban J connectivity index is 4.53. The molecule has 0 spiro atoms. The number of hydrogen-bond acceptors (Lipinski definition) is 1. The summed E-state index contributed by atoms with van der Waals surface area (Å²) in [5, 5.41) is 0. The van der Waals surface area contributed by atoms with Gasteiger partial charge in [0.15, 0.2) is 0 Å². The first-order valence-electron chi connectivity index (χ1n) is 3.87. The molecule has 0 N–H and O–H groups in total. The highest BCUT2D eigenvalue weighted by Crippen LogP contribution is 2.06. The van der Waals surface area contributed by atoms with E-state index in [0.29, 0.717) is 0 Å². The molecule has 0 aliphatic rings. The van der Waals surface area contributed by atoms with E-state index in [1.807, 2.05) is 26.0 Å². The Bertz CT molecular complexity index is 232. The van der Waals surface area contributed by atoms with Crippen molar-refractivity contribution in [2.75, 3.05) is 0 Å². The Morgan fingerprint density at radius 1 is 1.25 bits per heavy atom. The van der Waals surface area contributed by atoms with Crippen molar-refractivity contribution in [3.05, 3.63) is 48.7 Å². The van der Waals surface area contributed by atoms with E-state index >= 15 is 0 Å². The summed E-state index contributed by atoms with van der Waals surface area (Å²) >= 11 is 0. The minimum Gasteiger partial charge on any atom is -0.261 e. The minimum absolute atomic E-state index is 0.929. The number of rotatable bonds is 4. The molecule has 0 amide bonds. The molecule has 64 valence electrons. The molecule has 12 heavy (non-hydrogen) atoms. The van der Waals surface area contributed by atoms with Gasteiger partial charge < -0.3 is 0 Å². The van der Waals surface area contributed by atoms with Crippen molar-refractivity contribution in [3.8, 4) is 0 Å². The van der Waals surface area contributed by atoms with Gasteiger partial charge >= 0.3 is 0 Å². The third kappa shape index (κ3) is 3.71. The van der Waals surface area contributed by atoms with E-state index in [4.69, 9.17) is 0 Å². The summed E-state index contributed by atoms with van der Waals surface area (Å²) in [5.74, 6) is 0. The second-order valence-electron chi connectivity index (χ2n) is 2.25. The van der Waals surface area contributed by atoms with Crippen LogP contribution in [-0.2, 0) is 0 Å². The highest BCUT2D eigenvalue weighted by Gasteiger charge is 1.88. The van der Waals surface area contributed by atoms with Gasteiger partial charge in [0.1, 0.15) is 0 Å². The van der Waals surface area contributed by atoms with Gasteiger partial charge in [-0.3, -0.25) is 4.99 Å². The van der Waals surface area contributed by atoms with E-state index in [1.54, 1.807) is 18.4 Å². The Kier molecular flexibility index (Phi) is 5.62. The van der Waals surface area contributed by atoms with Gasteiger partial charge in [-0.05, 0) is 25.5 Å². The zero-order valence-electron chi connectivity index (χ0n) is 7.75. The second kappa shape index (κ2) is 6.35. The molecule has 0 aromatic rings. The third-order valence-corrected chi connectivity index (χ3v) is 1.40. The second-order valence-corrected chi connectivity index (χ2v) is 2.25. The third-order valence-electron chi connectivity index (χ3n) is 1.40. The first kappa shape index (κ1) is 10.6. The van der Waals surface area contributed by atoms with Crippen molar-refractivity contribution in [3.63, 3.8) is 0 Å². The van der Waals surface area contributed by atoms with Gasteiger partial charge in [0, 0.05) is 11.9 Å². The first-order chi connectivity index (χ1) is 5.76. The predicted octanol–water partition coefficient (Wildman–Crippen LogP) is 3.28. The average Bonchev–Trinajstić information content (AvgIpc) is 2.07. The van der Waals surface area contributed by atoms with Crippen molar-refractivity contribution in [1.29, 1.82) is 0 Å². The Morgan fingerprint density at radius 2 is 1.83 bits per heavy atom. The van der Waals surface area contributed by atoms with E-state index in [0.717, 1.165) is 11.3 Å². The summed E-state index contributed by atoms with van der Waals surface area (Å²) in [7, 11) is 0. The summed E-state index contributed by atoms with van der Waals surface area (Å²) < 4.78 is 0. The van der Waals surface area contributed by atoms with Gasteiger partial charge in [-0.25, -0.2) is 0 Å². The summed E-state index contributed by atoms with van der Waals surface area (Å²) in [6, 6.07) is 0. The Labute approximate surface area is 74.5 Å². The smallest absolute Gasteiger partial charge is 0.0444 e. The number of allylic oxidation sites excluding steroid dienone is 6. The molecule has 1 nitrogen and oxygen atoms in total. The summed E-state index contributed by atoms with van der Waals surface area (Å²) in [6.45, 7) is 11.2. The van der Waals surface area contributed by atoms with E-state index in [-0.39, 0.29) is 0 Å². The van der Waals surface area contributed by atoms with Crippen LogP contribution in [0.1, 0.15) is 13.8 Å². The van der Waals surface area contributed by atoms with Crippen LogP contribution in [0.2, 0.25) is 0 Å². The maximum absolute atomic E-state index is 4.18. The zero-order chi connectivity index (χ0) is 9.40. The van der Waals surface area contributed by atoms with Crippen LogP contribution in [-0.4, -0.2) is 6.21 Å². The molecule has 0 saturated carbocycles. The highest BCUT2D eigenvalue weighted by atomic mass is 14.7. The maximum Gasteiger partial charge on any atom is 0.0444 e. The molecule has 0 aromatic carbocycles. The SMILES string of the molecule is C=CC(C=C)=C(C)N=C/C=C\C. The molecular formula is C11H15N. The lowest BCUT2D eigenvalue weighted by atomic mass is 10.2. The largest absolute Gasteiger partial charge is 0.261 e. The van der Waals surface area contributed by atoms with Crippen molar-refractivity contribution in [1.82, 2.24) is 0 Å². The lowest BCUT2D eigenvalue weighted by Crippen LogP contribution is -1.77. The molecule has 0 unspecified atom stereocenters. The van der Waals surface area contributed by atoms with E-state index < -0.39 is 0 Å². The predicted molar refractivity (Wildman–Crippen MR) is 56.4 cm³/mol. The van der Waals surface area contributed by atoms with Gasteiger partial charge in [-0.2, -0.15) is 0 Å². The molecule has 0 rings (SSSR count). The van der Waals surface area contributed by atoms with Crippen molar-refractivity contribution in [2.45, 2.75) is 13.8 Å². The van der Waals surface area contributed by atoms with Crippen LogP contribution in [0.25, 0.3) is 0 Å². The molecule has 0 atom stereocenters. The lowest BCUT2D eigenvalue weighted by Gasteiger charge is -1.95. The number of hydrogen-bond donors (Lipinski definition) is 0. The standard InChI is InChI=1S/C11H15N/c1-5-8-9-12-10(4)11(6-2)7-3/h5-9H,2-3H2,1,4H3/b8-5-,12-9?. The first-order valence-corrected chi connectivity index (χ1v) is 3.87. The van der Waals surface area contributed by atoms with Crippen LogP contribution in [0, 0.1) is 0 Å². The fraction of sp³-hybridized carbons (Fsp3) is 0.182. The topological polar surface area (TPSA) is 12.4 Å². The van der Waals surface area contributed by atoms with Gasteiger partial charge in [-0.1, -0.05) is 31.4 Å². The van der Waals surface area contributed by atoms with Gasteiger partial charge in [0.05, 0.1) is 0 Å². The molecule has 0 aliphatic carbocycles. The zero-order valence-corrected chi connectivity index (χ0v) is 7.75. The fourth-order valence-corrected chi connectivity index (χ4v) is 0.694. The van der Waals surface area contributed by atoms with Crippen molar-refractivity contribution < 1.29 is 0 Å². The molecule has 0 bridgehead atoms. The van der Waals surface area contributed by atoms with Crippen LogP contribution >= 0.6 is 0 Å². The molecule has 1 heteroatoms. The van der Waals surface area contributed by atoms with Gasteiger partial charge in [0.25, 0.3) is 0 Å². The van der Waals surface area contributed by atoms with Gasteiger partial charge in [-0.15, -0.1) is 0 Å². The van der Waals surface area contributed by atoms with Crippen LogP contribution in [0.15, 0.2) is 53.7 Å². The van der Waals surface area contributed by atoms with Crippen LogP contribution in [0.5, 0.6) is 0 Å². The minimum atomic E-state index is 0.929. The molecule has 0 heterocycles. The maximum atomic E-state index is 4.18. The summed E-state index contributed by atoms with van der Waals surface area (Å²) in [4.78, 5) is 4.18. The van der Waals surface area contributed by atoms with Crippen LogP contribution < -0.4 is 0 Å². The van der Waals surface area contributed by atoms with Crippen LogP contribution in [0.4, 0.5) is 0 Å². The van der Waals surface area contributed by atoms with Crippen molar-refractivity contribution in [2.24, 2.45) is 4.99 Å². The Hall–Kier alpha value is -1.37. The van der Waals surface area contributed by atoms with E-state index in [1.165, 1.54) is 0 Å². The number of aliphatic imine (C=N–C) groups is 1. The monoisotopic (exact) mass is 161 g/mol. The van der Waals surface area contributed by atoms with Crippen molar-refractivity contribution >= 4 is 6.21 Å². The Morgan fingerprint density at radius 3 is 2.25 bits per heavy atom. The number of nitrogens with zero attached hydrogens (tertiary/aromatic N) is 1. The summed E-state index contributed by atoms with van der Waals surface area (Å²) in [5.41, 5.74) is 1.90. The molecule has 0 radical (unpaired) electrons. The lowest BCUT2D eigenvalue weighted by molar-refractivity contribution is 1.28. The van der Waals surface area contributed by atoms with E-state index in [2.05, 4.69) is 18.2 Å².